The van der Waals surface area contributed by atoms with Crippen molar-refractivity contribution in [3.8, 4) is 0 Å². The Hall–Kier alpha value is -1.66. The molecule has 1 aliphatic rings. The largest absolute Gasteiger partial charge is 0.352 e. The van der Waals surface area contributed by atoms with Gasteiger partial charge >= 0.3 is 0 Å². The molecule has 3 rings (SSSR count). The summed E-state index contributed by atoms with van der Waals surface area (Å²) in [5.74, 6) is -0.853. The maximum Gasteiger partial charge on any atom is 0.226 e. The highest BCUT2D eigenvalue weighted by Crippen LogP contribution is 2.27. The van der Waals surface area contributed by atoms with Crippen molar-refractivity contribution in [2.24, 2.45) is 5.92 Å². The van der Waals surface area contributed by atoms with Crippen molar-refractivity contribution in [3.05, 3.63) is 69.5 Å². The first-order valence-corrected chi connectivity index (χ1v) is 8.25. The zero-order valence-electron chi connectivity index (χ0n) is 12.7. The summed E-state index contributed by atoms with van der Waals surface area (Å²) in [6.45, 7) is 0.796. The molecule has 2 aromatic carbocycles. The number of carbonyl (C=O) groups excluding carboxylic acids is 1. The molecule has 2 atom stereocenters. The molecule has 24 heavy (non-hydrogen) atoms. The van der Waals surface area contributed by atoms with Crippen LogP contribution in [-0.2, 0) is 11.3 Å². The molecule has 126 valence electrons. The lowest BCUT2D eigenvalue weighted by Crippen LogP contribution is -2.34. The fraction of sp³-hybridized carbons (Fsp3) is 0.235. The van der Waals surface area contributed by atoms with E-state index in [0.717, 1.165) is 11.1 Å². The summed E-state index contributed by atoms with van der Waals surface area (Å²) < 4.78 is 13.2. The van der Waals surface area contributed by atoms with E-state index in [9.17, 15) is 9.18 Å². The molecule has 1 amide bonds. The fourth-order valence-electron chi connectivity index (χ4n) is 2.73. The number of carbonyl (C=O) groups is 1. The van der Waals surface area contributed by atoms with Crippen LogP contribution in [0.25, 0.3) is 0 Å². The molecule has 1 heterocycles. The zero-order valence-corrected chi connectivity index (χ0v) is 14.2. The van der Waals surface area contributed by atoms with Crippen LogP contribution in [0.1, 0.15) is 17.2 Å². The van der Waals surface area contributed by atoms with Crippen LogP contribution in [0.5, 0.6) is 0 Å². The summed E-state index contributed by atoms with van der Waals surface area (Å²) in [6, 6.07) is 11.6. The van der Waals surface area contributed by atoms with Crippen LogP contribution in [0.4, 0.5) is 4.39 Å². The van der Waals surface area contributed by atoms with Gasteiger partial charge in [0.05, 0.1) is 17.0 Å². The first-order valence-electron chi connectivity index (χ1n) is 7.50. The molecule has 1 aliphatic heterocycles. The predicted octanol–water partition coefficient (Wildman–Crippen LogP) is 3.21. The van der Waals surface area contributed by atoms with E-state index in [2.05, 4.69) is 16.2 Å². The SMILES string of the molecule is O=C(NCc1ccc(F)c(Cl)c1)C1CNNC1c1cccc(Cl)c1. The molecule has 0 aliphatic carbocycles. The number of nitrogens with one attached hydrogen (secondary N) is 3. The third-order valence-electron chi connectivity index (χ3n) is 3.98. The molecule has 3 N–H and O–H groups in total. The highest BCUT2D eigenvalue weighted by Gasteiger charge is 2.33. The number of hydrogen-bond donors (Lipinski definition) is 3. The van der Waals surface area contributed by atoms with Crippen molar-refractivity contribution >= 4 is 29.1 Å². The number of benzene rings is 2. The van der Waals surface area contributed by atoms with Crippen LogP contribution in [0, 0.1) is 11.7 Å². The predicted molar refractivity (Wildman–Crippen MR) is 92.1 cm³/mol. The average Bonchev–Trinajstić information content (AvgIpc) is 3.05. The van der Waals surface area contributed by atoms with Gasteiger partial charge in [-0.1, -0.05) is 41.4 Å². The van der Waals surface area contributed by atoms with E-state index in [1.165, 1.54) is 12.1 Å². The lowest BCUT2D eigenvalue weighted by atomic mass is 9.94. The highest BCUT2D eigenvalue weighted by molar-refractivity contribution is 6.31. The van der Waals surface area contributed by atoms with Crippen LogP contribution in [0.2, 0.25) is 10.0 Å². The maximum atomic E-state index is 13.2. The smallest absolute Gasteiger partial charge is 0.226 e. The van der Waals surface area contributed by atoms with Gasteiger partial charge < -0.3 is 5.32 Å². The number of rotatable bonds is 4. The second kappa shape index (κ2) is 7.49. The summed E-state index contributed by atoms with van der Waals surface area (Å²) in [4.78, 5) is 12.5. The van der Waals surface area contributed by atoms with E-state index in [1.54, 1.807) is 12.1 Å². The second-order valence-corrected chi connectivity index (χ2v) is 6.47. The quantitative estimate of drug-likeness (QED) is 0.777. The van der Waals surface area contributed by atoms with Gasteiger partial charge in [-0.3, -0.25) is 10.2 Å². The van der Waals surface area contributed by atoms with Gasteiger partial charge in [-0.15, -0.1) is 0 Å². The Morgan fingerprint density at radius 1 is 1.25 bits per heavy atom. The fourth-order valence-corrected chi connectivity index (χ4v) is 3.13. The standard InChI is InChI=1S/C17H16Cl2FN3O/c18-12-3-1-2-11(7-12)16-13(9-22-23-16)17(24)21-8-10-4-5-15(20)14(19)6-10/h1-7,13,16,22-23H,8-9H2,(H,21,24). The molecule has 1 fully saturated rings. The average molecular weight is 368 g/mol. The van der Waals surface area contributed by atoms with Crippen LogP contribution in [-0.4, -0.2) is 12.5 Å². The first kappa shape index (κ1) is 17.2. The molecule has 4 nitrogen and oxygen atoms in total. The Morgan fingerprint density at radius 2 is 2.08 bits per heavy atom. The molecular weight excluding hydrogens is 352 g/mol. The maximum absolute atomic E-state index is 13.2. The number of amides is 1. The summed E-state index contributed by atoms with van der Waals surface area (Å²) >= 11 is 11.8. The summed E-state index contributed by atoms with van der Waals surface area (Å²) in [7, 11) is 0. The van der Waals surface area contributed by atoms with E-state index in [0.29, 0.717) is 11.6 Å². The van der Waals surface area contributed by atoms with E-state index in [4.69, 9.17) is 23.2 Å². The van der Waals surface area contributed by atoms with Crippen LogP contribution in [0.15, 0.2) is 42.5 Å². The van der Waals surface area contributed by atoms with Crippen molar-refractivity contribution in [1.82, 2.24) is 16.2 Å². The lowest BCUT2D eigenvalue weighted by Gasteiger charge is -2.18. The molecule has 0 aromatic heterocycles. The minimum Gasteiger partial charge on any atom is -0.352 e. The third-order valence-corrected chi connectivity index (χ3v) is 4.50. The Balaban J connectivity index is 1.66. The molecule has 0 saturated carbocycles. The molecule has 0 bridgehead atoms. The van der Waals surface area contributed by atoms with Gasteiger partial charge in [-0.25, -0.2) is 9.82 Å². The van der Waals surface area contributed by atoms with Crippen molar-refractivity contribution in [1.29, 1.82) is 0 Å². The topological polar surface area (TPSA) is 53.2 Å². The van der Waals surface area contributed by atoms with Crippen LogP contribution in [0.3, 0.4) is 0 Å². The highest BCUT2D eigenvalue weighted by atomic mass is 35.5. The van der Waals surface area contributed by atoms with E-state index >= 15 is 0 Å². The third kappa shape index (κ3) is 3.87. The Kier molecular flexibility index (Phi) is 5.36. The molecule has 1 saturated heterocycles. The second-order valence-electron chi connectivity index (χ2n) is 5.63. The Morgan fingerprint density at radius 3 is 2.83 bits per heavy atom. The van der Waals surface area contributed by atoms with Crippen molar-refractivity contribution in [3.63, 3.8) is 0 Å². The molecule has 7 heteroatoms. The number of hydrazine groups is 1. The monoisotopic (exact) mass is 367 g/mol. The van der Waals surface area contributed by atoms with Gasteiger partial charge in [-0.05, 0) is 35.4 Å². The van der Waals surface area contributed by atoms with E-state index in [-0.39, 0.29) is 29.4 Å². The van der Waals surface area contributed by atoms with Crippen molar-refractivity contribution < 1.29 is 9.18 Å². The Labute approximate surface area is 149 Å². The van der Waals surface area contributed by atoms with Gasteiger partial charge in [0.1, 0.15) is 5.82 Å². The summed E-state index contributed by atoms with van der Waals surface area (Å²) in [5, 5.41) is 3.54. The minimum atomic E-state index is -0.475. The zero-order chi connectivity index (χ0) is 17.1. The Bertz CT molecular complexity index is 756. The molecular formula is C17H16Cl2FN3O. The van der Waals surface area contributed by atoms with Gasteiger partial charge in [-0.2, -0.15) is 0 Å². The number of halogens is 3. The first-order chi connectivity index (χ1) is 11.5. The van der Waals surface area contributed by atoms with Crippen LogP contribution >= 0.6 is 23.2 Å². The molecule has 2 unspecified atom stereocenters. The summed E-state index contributed by atoms with van der Waals surface area (Å²) in [6.07, 6.45) is 0. The molecule has 0 radical (unpaired) electrons. The number of hydrogen-bond acceptors (Lipinski definition) is 3. The normalized spacial score (nSPS) is 20.1. The van der Waals surface area contributed by atoms with Crippen molar-refractivity contribution in [2.45, 2.75) is 12.6 Å². The van der Waals surface area contributed by atoms with Gasteiger partial charge in [0.15, 0.2) is 0 Å². The van der Waals surface area contributed by atoms with Crippen molar-refractivity contribution in [2.75, 3.05) is 6.54 Å². The van der Waals surface area contributed by atoms with E-state index in [1.807, 2.05) is 18.2 Å². The minimum absolute atomic E-state index is 0.0442. The summed E-state index contributed by atoms with van der Waals surface area (Å²) in [5.41, 5.74) is 7.80. The lowest BCUT2D eigenvalue weighted by molar-refractivity contribution is -0.125. The molecule has 2 aromatic rings. The van der Waals surface area contributed by atoms with E-state index < -0.39 is 5.82 Å². The van der Waals surface area contributed by atoms with Gasteiger partial charge in [0, 0.05) is 18.1 Å². The molecule has 0 spiro atoms. The van der Waals surface area contributed by atoms with Crippen LogP contribution < -0.4 is 16.2 Å². The van der Waals surface area contributed by atoms with Gasteiger partial charge in [0.25, 0.3) is 0 Å². The van der Waals surface area contributed by atoms with Gasteiger partial charge in [0.2, 0.25) is 5.91 Å².